The molecular weight excluding hydrogens is 564 g/mol. The summed E-state index contributed by atoms with van der Waals surface area (Å²) >= 11 is 7.72. The maximum absolute atomic E-state index is 14.1. The summed E-state index contributed by atoms with van der Waals surface area (Å²) in [5, 5.41) is 0.673. The van der Waals surface area contributed by atoms with Crippen LogP contribution in [-0.4, -0.2) is 11.7 Å². The number of methoxy groups -OCH3 is 1. The fourth-order valence-electron chi connectivity index (χ4n) is 5.73. The highest BCUT2D eigenvalue weighted by Gasteiger charge is 2.32. The molecule has 0 amide bonds. The Kier molecular flexibility index (Phi) is 7.02. The van der Waals surface area contributed by atoms with Gasteiger partial charge in [-0.25, -0.2) is 4.99 Å². The second-order valence-electron chi connectivity index (χ2n) is 10.3. The SMILES string of the molecule is COc1ccc([C@H]2C3=C(N=c4s/c(=C\c5cccc(OCc6ccccc6Cl)c5)c(=O)n42)c2ccccc2CC3)cc1. The molecule has 7 heteroatoms. The molecule has 208 valence electrons. The van der Waals surface area contributed by atoms with Gasteiger partial charge in [0.05, 0.1) is 23.4 Å². The van der Waals surface area contributed by atoms with Crippen LogP contribution in [0.4, 0.5) is 0 Å². The Hall–Kier alpha value is -4.39. The lowest BCUT2D eigenvalue weighted by atomic mass is 9.83. The smallest absolute Gasteiger partial charge is 0.271 e. The number of aromatic nitrogens is 1. The van der Waals surface area contributed by atoms with E-state index in [-0.39, 0.29) is 11.6 Å². The van der Waals surface area contributed by atoms with Gasteiger partial charge in [-0.15, -0.1) is 0 Å². The molecule has 2 aliphatic rings. The van der Waals surface area contributed by atoms with E-state index >= 15 is 0 Å². The number of allylic oxidation sites excluding steroid dienone is 1. The topological polar surface area (TPSA) is 52.8 Å². The van der Waals surface area contributed by atoms with Crippen molar-refractivity contribution >= 4 is 34.7 Å². The zero-order valence-electron chi connectivity index (χ0n) is 22.9. The van der Waals surface area contributed by atoms with E-state index in [1.807, 2.05) is 71.3 Å². The van der Waals surface area contributed by atoms with Crippen LogP contribution in [0, 0.1) is 0 Å². The van der Waals surface area contributed by atoms with Crippen LogP contribution in [0.25, 0.3) is 11.8 Å². The van der Waals surface area contributed by atoms with Gasteiger partial charge in [-0.1, -0.05) is 89.7 Å². The highest BCUT2D eigenvalue weighted by molar-refractivity contribution is 7.07. The molecule has 0 fully saturated rings. The normalized spacial score (nSPS) is 15.9. The number of hydrogen-bond donors (Lipinski definition) is 0. The molecule has 0 saturated heterocycles. The summed E-state index contributed by atoms with van der Waals surface area (Å²) in [6.07, 6.45) is 3.69. The molecule has 5 aromatic rings. The van der Waals surface area contributed by atoms with Crippen molar-refractivity contribution in [1.82, 2.24) is 4.57 Å². The number of thiazole rings is 1. The second kappa shape index (κ2) is 11.1. The lowest BCUT2D eigenvalue weighted by molar-refractivity contribution is 0.306. The second-order valence-corrected chi connectivity index (χ2v) is 11.8. The third-order valence-corrected chi connectivity index (χ3v) is 9.16. The monoisotopic (exact) mass is 590 g/mol. The van der Waals surface area contributed by atoms with Gasteiger partial charge in [0.15, 0.2) is 4.80 Å². The van der Waals surface area contributed by atoms with Crippen LogP contribution in [0.5, 0.6) is 11.5 Å². The quantitative estimate of drug-likeness (QED) is 0.225. The van der Waals surface area contributed by atoms with Gasteiger partial charge in [-0.2, -0.15) is 0 Å². The van der Waals surface area contributed by atoms with Crippen molar-refractivity contribution in [2.75, 3.05) is 7.11 Å². The molecule has 0 saturated carbocycles. The molecule has 42 heavy (non-hydrogen) atoms. The molecule has 1 aliphatic heterocycles. The molecule has 2 heterocycles. The number of aryl methyl sites for hydroxylation is 1. The minimum atomic E-state index is -0.233. The summed E-state index contributed by atoms with van der Waals surface area (Å²) in [5.74, 6) is 1.49. The number of benzene rings is 4. The average molecular weight is 591 g/mol. The van der Waals surface area contributed by atoms with E-state index in [9.17, 15) is 4.79 Å². The Morgan fingerprint density at radius 3 is 2.60 bits per heavy atom. The predicted molar refractivity (Wildman–Crippen MR) is 168 cm³/mol. The zero-order chi connectivity index (χ0) is 28.6. The number of halogens is 1. The first-order valence-corrected chi connectivity index (χ1v) is 15.0. The van der Waals surface area contributed by atoms with Crippen molar-refractivity contribution in [3.63, 3.8) is 0 Å². The van der Waals surface area contributed by atoms with Crippen molar-refractivity contribution in [3.05, 3.63) is 155 Å². The van der Waals surface area contributed by atoms with E-state index in [0.29, 0.717) is 26.7 Å². The Labute approximate surface area is 252 Å². The summed E-state index contributed by atoms with van der Waals surface area (Å²) in [4.78, 5) is 19.9. The van der Waals surface area contributed by atoms with Crippen LogP contribution in [0.3, 0.4) is 0 Å². The maximum atomic E-state index is 14.1. The molecule has 0 unspecified atom stereocenters. The predicted octanol–water partition coefficient (Wildman–Crippen LogP) is 6.56. The molecule has 7 rings (SSSR count). The van der Waals surface area contributed by atoms with Crippen molar-refractivity contribution in [1.29, 1.82) is 0 Å². The maximum Gasteiger partial charge on any atom is 0.271 e. The molecule has 1 aromatic heterocycles. The molecule has 0 spiro atoms. The van der Waals surface area contributed by atoms with E-state index in [1.54, 1.807) is 7.11 Å². The number of rotatable bonds is 6. The Morgan fingerprint density at radius 2 is 1.76 bits per heavy atom. The minimum absolute atomic E-state index is 0.0487. The van der Waals surface area contributed by atoms with Crippen LogP contribution < -0.4 is 24.4 Å². The van der Waals surface area contributed by atoms with Gasteiger partial charge in [0, 0.05) is 16.1 Å². The van der Waals surface area contributed by atoms with E-state index in [0.717, 1.165) is 46.5 Å². The summed E-state index contributed by atoms with van der Waals surface area (Å²) < 4.78 is 13.9. The standard InChI is InChI=1S/C35H27ClN2O3S/c1-40-26-16-13-24(14-17-26)33-29-18-15-23-8-2-4-11-28(23)32(29)37-35-38(33)34(39)31(42-35)20-22-7-6-10-27(19-22)41-21-25-9-3-5-12-30(25)36/h2-14,16-17,19-20,33H,15,18,21H2,1H3/b31-20-/t33-/m0/s1. The molecule has 1 aliphatic carbocycles. The molecular formula is C35H27ClN2O3S. The summed E-state index contributed by atoms with van der Waals surface area (Å²) in [7, 11) is 1.66. The molecule has 1 atom stereocenters. The number of nitrogens with zero attached hydrogens (tertiary/aromatic N) is 2. The fourth-order valence-corrected chi connectivity index (χ4v) is 6.92. The number of fused-ring (bicyclic) bond motifs is 3. The first-order valence-electron chi connectivity index (χ1n) is 13.8. The Bertz CT molecular complexity index is 2020. The molecule has 0 radical (unpaired) electrons. The third kappa shape index (κ3) is 4.87. The van der Waals surface area contributed by atoms with Crippen LogP contribution >= 0.6 is 22.9 Å². The summed E-state index contributed by atoms with van der Waals surface area (Å²) in [6, 6.07) is 31.6. The highest BCUT2D eigenvalue weighted by atomic mass is 35.5. The largest absolute Gasteiger partial charge is 0.497 e. The van der Waals surface area contributed by atoms with Gasteiger partial charge in [0.2, 0.25) is 0 Å². The van der Waals surface area contributed by atoms with Gasteiger partial charge >= 0.3 is 0 Å². The van der Waals surface area contributed by atoms with Crippen LogP contribution in [0.15, 0.2) is 112 Å². The molecule has 5 nitrogen and oxygen atoms in total. The minimum Gasteiger partial charge on any atom is -0.497 e. The van der Waals surface area contributed by atoms with Crippen LogP contribution in [-0.2, 0) is 13.0 Å². The first kappa shape index (κ1) is 26.5. The van der Waals surface area contributed by atoms with Gasteiger partial charge in [-0.3, -0.25) is 9.36 Å². The van der Waals surface area contributed by atoms with E-state index in [4.69, 9.17) is 26.1 Å². The zero-order valence-corrected chi connectivity index (χ0v) is 24.5. The molecule has 0 N–H and O–H groups in total. The molecule has 4 aromatic carbocycles. The van der Waals surface area contributed by atoms with Crippen molar-refractivity contribution in [3.8, 4) is 11.5 Å². The van der Waals surface area contributed by atoms with Crippen LogP contribution in [0.1, 0.15) is 40.3 Å². The van der Waals surface area contributed by atoms with Gasteiger partial charge in [0.1, 0.15) is 18.1 Å². The van der Waals surface area contributed by atoms with E-state index in [2.05, 4.69) is 36.4 Å². The fraction of sp³-hybridized carbons (Fsp3) is 0.143. The van der Waals surface area contributed by atoms with E-state index < -0.39 is 0 Å². The van der Waals surface area contributed by atoms with E-state index in [1.165, 1.54) is 22.5 Å². The Morgan fingerprint density at radius 1 is 0.952 bits per heavy atom. The Balaban J connectivity index is 1.31. The molecule has 0 bridgehead atoms. The van der Waals surface area contributed by atoms with Crippen molar-refractivity contribution < 1.29 is 9.47 Å². The summed E-state index contributed by atoms with van der Waals surface area (Å²) in [5.41, 5.74) is 7.40. The lowest BCUT2D eigenvalue weighted by Crippen LogP contribution is -2.38. The first-order chi connectivity index (χ1) is 20.6. The van der Waals surface area contributed by atoms with Gasteiger partial charge in [-0.05, 0) is 71.5 Å². The third-order valence-electron chi connectivity index (χ3n) is 7.81. The highest BCUT2D eigenvalue weighted by Crippen LogP contribution is 2.41. The van der Waals surface area contributed by atoms with Crippen molar-refractivity contribution in [2.45, 2.75) is 25.5 Å². The van der Waals surface area contributed by atoms with Gasteiger partial charge < -0.3 is 9.47 Å². The van der Waals surface area contributed by atoms with Crippen LogP contribution in [0.2, 0.25) is 5.02 Å². The summed E-state index contributed by atoms with van der Waals surface area (Å²) in [6.45, 7) is 0.361. The average Bonchev–Trinajstić information content (AvgIpc) is 3.33. The lowest BCUT2D eigenvalue weighted by Gasteiger charge is -2.30. The van der Waals surface area contributed by atoms with Gasteiger partial charge in [0.25, 0.3) is 5.56 Å². The number of ether oxygens (including phenoxy) is 2. The van der Waals surface area contributed by atoms with Crippen molar-refractivity contribution in [2.24, 2.45) is 4.99 Å². The number of hydrogen-bond acceptors (Lipinski definition) is 5.